The average molecular weight is 323 g/mol. The van der Waals surface area contributed by atoms with Crippen molar-refractivity contribution in [1.29, 1.82) is 0 Å². The van der Waals surface area contributed by atoms with Crippen LogP contribution >= 0.6 is 11.6 Å². The van der Waals surface area contributed by atoms with E-state index in [1.165, 1.54) is 0 Å². The molecule has 2 aromatic rings. The minimum Gasteiger partial charge on any atom is -0.344 e. The summed E-state index contributed by atoms with van der Waals surface area (Å²) in [5.74, 6) is 0.690. The van der Waals surface area contributed by atoms with Crippen LogP contribution in [0.25, 0.3) is 0 Å². The lowest BCUT2D eigenvalue weighted by Gasteiger charge is -2.10. The second kappa shape index (κ2) is 7.36. The van der Waals surface area contributed by atoms with Gasteiger partial charge in [-0.2, -0.15) is 0 Å². The Morgan fingerprint density at radius 2 is 1.95 bits per heavy atom. The molecule has 0 heterocycles. The smallest absolute Gasteiger partial charge is 0.190 e. The second-order valence-corrected chi connectivity index (χ2v) is 5.55. The van der Waals surface area contributed by atoms with Crippen molar-refractivity contribution in [1.82, 2.24) is 0 Å². The Balaban J connectivity index is 2.37. The van der Waals surface area contributed by atoms with Crippen LogP contribution in [-0.4, -0.2) is 14.6 Å². The maximum absolute atomic E-state index is 11.4. The van der Waals surface area contributed by atoms with Crippen LogP contribution in [0.1, 0.15) is 13.3 Å². The van der Waals surface area contributed by atoms with Crippen LogP contribution in [0.4, 0.5) is 11.4 Å². The van der Waals surface area contributed by atoms with Crippen LogP contribution in [0.5, 0.6) is 0 Å². The molecule has 110 valence electrons. The number of amidine groups is 1. The van der Waals surface area contributed by atoms with E-state index in [0.29, 0.717) is 17.9 Å². The van der Waals surface area contributed by atoms with Crippen molar-refractivity contribution >= 4 is 39.9 Å². The molecule has 0 aliphatic carbocycles. The van der Waals surface area contributed by atoms with E-state index in [9.17, 15) is 8.76 Å². The summed E-state index contributed by atoms with van der Waals surface area (Å²) < 4.78 is 20.8. The summed E-state index contributed by atoms with van der Waals surface area (Å²) in [6.45, 7) is 1.95. The van der Waals surface area contributed by atoms with E-state index >= 15 is 0 Å². The number of nitrogens with one attached hydrogen (secondary N) is 1. The zero-order valence-electron chi connectivity index (χ0n) is 11.4. The summed E-state index contributed by atoms with van der Waals surface area (Å²) in [5.41, 5.74) is 1.30. The molecule has 0 saturated carbocycles. The van der Waals surface area contributed by atoms with Crippen LogP contribution in [0.15, 0.2) is 58.4 Å². The molecule has 0 spiro atoms. The SMILES string of the molecule is CCC(=Nc1cccc(Cl)c1S(=O)O)Nc1ccccc1. The lowest BCUT2D eigenvalue weighted by molar-refractivity contribution is 0.564. The van der Waals surface area contributed by atoms with Gasteiger partial charge in [0.25, 0.3) is 0 Å². The molecule has 0 radical (unpaired) electrons. The fourth-order valence-electron chi connectivity index (χ4n) is 1.79. The summed E-state index contributed by atoms with van der Waals surface area (Å²) in [6.07, 6.45) is 0.652. The Bertz CT molecular complexity index is 675. The highest BCUT2D eigenvalue weighted by atomic mass is 35.5. The van der Waals surface area contributed by atoms with Crippen molar-refractivity contribution in [2.24, 2.45) is 4.99 Å². The maximum Gasteiger partial charge on any atom is 0.190 e. The van der Waals surface area contributed by atoms with Gasteiger partial charge in [-0.1, -0.05) is 42.8 Å². The van der Waals surface area contributed by atoms with Crippen molar-refractivity contribution in [2.45, 2.75) is 18.2 Å². The van der Waals surface area contributed by atoms with Gasteiger partial charge in [0, 0.05) is 12.1 Å². The number of halogens is 1. The van der Waals surface area contributed by atoms with E-state index in [-0.39, 0.29) is 9.92 Å². The van der Waals surface area contributed by atoms with Gasteiger partial charge in [-0.3, -0.25) is 0 Å². The monoisotopic (exact) mass is 322 g/mol. The highest BCUT2D eigenvalue weighted by Crippen LogP contribution is 2.29. The predicted molar refractivity (Wildman–Crippen MR) is 87.9 cm³/mol. The van der Waals surface area contributed by atoms with Crippen LogP contribution in [0.3, 0.4) is 0 Å². The minimum absolute atomic E-state index is 0.125. The Hall–Kier alpha value is -1.69. The third-order valence-electron chi connectivity index (χ3n) is 2.77. The first kappa shape index (κ1) is 15.7. The van der Waals surface area contributed by atoms with Crippen molar-refractivity contribution in [3.05, 3.63) is 53.6 Å². The van der Waals surface area contributed by atoms with Crippen molar-refractivity contribution in [3.63, 3.8) is 0 Å². The first-order valence-electron chi connectivity index (χ1n) is 6.40. The summed E-state index contributed by atoms with van der Waals surface area (Å²) in [5, 5.41) is 3.42. The molecule has 1 atom stereocenters. The average Bonchev–Trinajstić information content (AvgIpc) is 2.47. The van der Waals surface area contributed by atoms with Gasteiger partial charge in [-0.05, 0) is 24.3 Å². The third kappa shape index (κ3) is 4.14. The van der Waals surface area contributed by atoms with Gasteiger partial charge in [0.15, 0.2) is 11.1 Å². The molecule has 0 aliphatic rings. The van der Waals surface area contributed by atoms with Crippen LogP contribution in [0.2, 0.25) is 5.02 Å². The fourth-order valence-corrected chi connectivity index (χ4v) is 2.68. The van der Waals surface area contributed by atoms with E-state index in [0.717, 1.165) is 5.69 Å². The molecule has 4 nitrogen and oxygen atoms in total. The fraction of sp³-hybridized carbons (Fsp3) is 0.133. The van der Waals surface area contributed by atoms with Gasteiger partial charge in [0.2, 0.25) is 0 Å². The molecule has 1 unspecified atom stereocenters. The van der Waals surface area contributed by atoms with Crippen molar-refractivity contribution in [2.75, 3.05) is 5.32 Å². The van der Waals surface area contributed by atoms with Gasteiger partial charge >= 0.3 is 0 Å². The Labute approximate surface area is 131 Å². The van der Waals surface area contributed by atoms with Crippen LogP contribution in [0, 0.1) is 0 Å². The zero-order valence-corrected chi connectivity index (χ0v) is 13.0. The molecular weight excluding hydrogens is 308 g/mol. The van der Waals surface area contributed by atoms with Gasteiger partial charge in [-0.25, -0.2) is 9.20 Å². The summed E-state index contributed by atoms with van der Waals surface area (Å²) >= 11 is 3.78. The zero-order chi connectivity index (χ0) is 15.2. The molecule has 2 N–H and O–H groups in total. The van der Waals surface area contributed by atoms with E-state index in [4.69, 9.17) is 11.6 Å². The summed E-state index contributed by atoms with van der Waals surface area (Å²) in [4.78, 5) is 4.55. The quantitative estimate of drug-likeness (QED) is 0.496. The molecule has 0 aliphatic heterocycles. The topological polar surface area (TPSA) is 61.7 Å². The number of para-hydroxylation sites is 1. The molecule has 2 aromatic carbocycles. The van der Waals surface area contributed by atoms with Gasteiger partial charge in [0.05, 0.1) is 10.7 Å². The second-order valence-electron chi connectivity index (χ2n) is 4.24. The molecule has 0 fully saturated rings. The summed E-state index contributed by atoms with van der Waals surface area (Å²) in [7, 11) is 0. The molecular formula is C15H15ClN2O2S. The number of benzene rings is 2. The molecule has 0 aromatic heterocycles. The lowest BCUT2D eigenvalue weighted by Crippen LogP contribution is -2.10. The number of nitrogens with zero attached hydrogens (tertiary/aromatic N) is 1. The van der Waals surface area contributed by atoms with Gasteiger partial charge < -0.3 is 9.87 Å². The van der Waals surface area contributed by atoms with E-state index in [2.05, 4.69) is 10.3 Å². The van der Waals surface area contributed by atoms with E-state index in [1.54, 1.807) is 18.2 Å². The molecule has 21 heavy (non-hydrogen) atoms. The number of rotatable bonds is 4. The maximum atomic E-state index is 11.4. The van der Waals surface area contributed by atoms with Gasteiger partial charge in [-0.15, -0.1) is 0 Å². The first-order chi connectivity index (χ1) is 10.1. The number of aliphatic imine (C=N–C) groups is 1. The summed E-state index contributed by atoms with van der Waals surface area (Å²) in [6, 6.07) is 14.6. The number of anilines is 1. The highest BCUT2D eigenvalue weighted by molar-refractivity contribution is 7.79. The van der Waals surface area contributed by atoms with Crippen molar-refractivity contribution in [3.8, 4) is 0 Å². The molecule has 0 saturated heterocycles. The Kier molecular flexibility index (Phi) is 5.50. The minimum atomic E-state index is -2.18. The van der Waals surface area contributed by atoms with Crippen LogP contribution in [-0.2, 0) is 11.1 Å². The van der Waals surface area contributed by atoms with Gasteiger partial charge in [0.1, 0.15) is 10.7 Å². The predicted octanol–water partition coefficient (Wildman–Crippen LogP) is 4.47. The van der Waals surface area contributed by atoms with E-state index in [1.807, 2.05) is 37.3 Å². The molecule has 2 rings (SSSR count). The first-order valence-corrected chi connectivity index (χ1v) is 7.89. The standard InChI is InChI=1S/C15H15ClN2O2S/c1-2-14(17-11-7-4-3-5-8-11)18-13-10-6-9-12(16)15(13)21(19)20/h3-10H,2H2,1H3,(H,17,18)(H,19,20). The van der Waals surface area contributed by atoms with Crippen molar-refractivity contribution < 1.29 is 8.76 Å². The molecule has 0 bridgehead atoms. The van der Waals surface area contributed by atoms with Crippen LogP contribution < -0.4 is 5.32 Å². The highest BCUT2D eigenvalue weighted by Gasteiger charge is 2.12. The normalized spacial score (nSPS) is 13.0. The number of hydrogen-bond donors (Lipinski definition) is 2. The Morgan fingerprint density at radius 1 is 1.24 bits per heavy atom. The largest absolute Gasteiger partial charge is 0.344 e. The third-order valence-corrected chi connectivity index (χ3v) is 3.98. The molecule has 6 heteroatoms. The van der Waals surface area contributed by atoms with E-state index < -0.39 is 11.1 Å². The number of hydrogen-bond acceptors (Lipinski definition) is 2. The Morgan fingerprint density at radius 3 is 2.57 bits per heavy atom. The molecule has 0 amide bonds. The lowest BCUT2D eigenvalue weighted by atomic mass is 10.3.